The molecular formula is C38H44N6O5S2. The second-order valence-electron chi connectivity index (χ2n) is 10.8. The van der Waals surface area contributed by atoms with Crippen molar-refractivity contribution >= 4 is 46.2 Å². The summed E-state index contributed by atoms with van der Waals surface area (Å²) in [5.74, 6) is 2.56. The molecule has 11 nitrogen and oxygen atoms in total. The number of benzene rings is 2. The van der Waals surface area contributed by atoms with Crippen LogP contribution in [-0.2, 0) is 40.3 Å². The molecule has 0 fully saturated rings. The highest BCUT2D eigenvalue weighted by Gasteiger charge is 2.18. The summed E-state index contributed by atoms with van der Waals surface area (Å²) in [7, 11) is 0. The zero-order valence-corrected chi connectivity index (χ0v) is 30.7. The number of carbonyl (C=O) groups excluding carboxylic acids is 2. The van der Waals surface area contributed by atoms with E-state index in [1.165, 1.54) is 16.0 Å². The summed E-state index contributed by atoms with van der Waals surface area (Å²) >= 11 is 3.36. The molecule has 4 heterocycles. The molecule has 0 saturated heterocycles. The number of nitrogens with zero attached hydrogens (tertiary/aromatic N) is 3. The van der Waals surface area contributed by atoms with Crippen LogP contribution < -0.4 is 19.7 Å². The number of aryl methyl sites for hydroxylation is 2. The Morgan fingerprint density at radius 1 is 0.725 bits per heavy atom. The molecule has 6 aromatic rings. The van der Waals surface area contributed by atoms with Crippen molar-refractivity contribution in [3.8, 4) is 11.5 Å². The van der Waals surface area contributed by atoms with E-state index in [0.29, 0.717) is 30.5 Å². The molecule has 0 aliphatic carbocycles. The lowest BCUT2D eigenvalue weighted by Crippen LogP contribution is -2.34. The van der Waals surface area contributed by atoms with Gasteiger partial charge >= 0.3 is 5.97 Å². The van der Waals surface area contributed by atoms with Gasteiger partial charge in [-0.15, -0.1) is 22.7 Å². The number of hydrogen-bond donors (Lipinski definition) is 3. The molecule has 0 radical (unpaired) electrons. The minimum atomic E-state index is -0.336. The molecule has 0 aliphatic rings. The second-order valence-corrected chi connectivity index (χ2v) is 12.8. The van der Waals surface area contributed by atoms with Crippen LogP contribution >= 0.6 is 22.7 Å². The maximum atomic E-state index is 12.6. The van der Waals surface area contributed by atoms with E-state index >= 15 is 0 Å². The Morgan fingerprint density at radius 3 is 1.82 bits per heavy atom. The molecule has 0 saturated carbocycles. The van der Waals surface area contributed by atoms with E-state index in [-0.39, 0.29) is 25.1 Å². The summed E-state index contributed by atoms with van der Waals surface area (Å²) in [5, 5.41) is 20.8. The van der Waals surface area contributed by atoms with Gasteiger partial charge in [-0.25, -0.2) is 4.79 Å². The summed E-state index contributed by atoms with van der Waals surface area (Å²) in [6.45, 7) is 7.66. The third kappa shape index (κ3) is 13.8. The highest BCUT2D eigenvalue weighted by atomic mass is 32.1. The molecule has 268 valence electrons. The molecule has 4 aromatic heterocycles. The van der Waals surface area contributed by atoms with Crippen molar-refractivity contribution < 1.29 is 23.8 Å². The standard InChI is InChI=1S/C18H19N3O2S.C12H16O3.C8H9N3S/c1-2-14-5-7-15(8-6-14)23-13-18(22)21(17-9-10-19-20-17)12-16-4-3-11-24-16;1-3-10-5-7-11(8-6-10)15-9-12(13)14-4-2;1-2-7(12-5-1)6-9-8-3-4-10-11-8/h3-11H,2,12-13H2,1H3,(H,19,20);5-8H,3-4,9H2,1-2H3;1-5H,6H2,(H2,9,10,11). The number of H-pyrrole nitrogens is 2. The van der Waals surface area contributed by atoms with Crippen molar-refractivity contribution in [2.24, 2.45) is 0 Å². The number of rotatable bonds is 15. The van der Waals surface area contributed by atoms with E-state index in [1.807, 2.05) is 72.1 Å². The van der Waals surface area contributed by atoms with Crippen LogP contribution in [-0.4, -0.2) is 52.1 Å². The molecule has 0 aliphatic heterocycles. The van der Waals surface area contributed by atoms with Crippen molar-refractivity contribution in [1.82, 2.24) is 20.4 Å². The van der Waals surface area contributed by atoms with Crippen LogP contribution in [0.5, 0.6) is 11.5 Å². The summed E-state index contributed by atoms with van der Waals surface area (Å²) in [5.41, 5.74) is 2.49. The first-order chi connectivity index (χ1) is 25.0. The predicted molar refractivity (Wildman–Crippen MR) is 204 cm³/mol. The maximum absolute atomic E-state index is 12.6. The van der Waals surface area contributed by atoms with Crippen LogP contribution in [0.3, 0.4) is 0 Å². The van der Waals surface area contributed by atoms with Crippen LogP contribution in [0.25, 0.3) is 0 Å². The third-order valence-corrected chi connectivity index (χ3v) is 8.93. The van der Waals surface area contributed by atoms with Crippen LogP contribution in [0.1, 0.15) is 41.7 Å². The molecule has 51 heavy (non-hydrogen) atoms. The SMILES string of the molecule is CCOC(=O)COc1ccc(CC)cc1.CCc1ccc(OCC(=O)N(Cc2cccs2)c2ccn[nH]2)cc1.c1csc(CNc2ccn[nH]2)c1. The van der Waals surface area contributed by atoms with E-state index in [0.717, 1.165) is 30.1 Å². The number of esters is 1. The monoisotopic (exact) mass is 728 g/mol. The molecular weight excluding hydrogens is 685 g/mol. The Labute approximate surface area is 306 Å². The first kappa shape index (κ1) is 38.4. The lowest BCUT2D eigenvalue weighted by atomic mass is 10.2. The Hall–Kier alpha value is -5.40. The predicted octanol–water partition coefficient (Wildman–Crippen LogP) is 7.92. The lowest BCUT2D eigenvalue weighted by molar-refractivity contribution is -0.145. The highest BCUT2D eigenvalue weighted by Crippen LogP contribution is 2.19. The van der Waals surface area contributed by atoms with Crippen molar-refractivity contribution in [2.75, 3.05) is 30.0 Å². The summed E-state index contributed by atoms with van der Waals surface area (Å²) < 4.78 is 15.6. The molecule has 0 spiro atoms. The smallest absolute Gasteiger partial charge is 0.344 e. The van der Waals surface area contributed by atoms with Gasteiger partial charge in [-0.05, 0) is 84.1 Å². The van der Waals surface area contributed by atoms with Gasteiger partial charge in [0, 0.05) is 15.8 Å². The van der Waals surface area contributed by atoms with Gasteiger partial charge in [-0.3, -0.25) is 19.9 Å². The van der Waals surface area contributed by atoms with Crippen LogP contribution in [0, 0.1) is 0 Å². The zero-order chi connectivity index (χ0) is 36.1. The van der Waals surface area contributed by atoms with E-state index < -0.39 is 0 Å². The van der Waals surface area contributed by atoms with Crippen LogP contribution in [0.2, 0.25) is 0 Å². The van der Waals surface area contributed by atoms with Crippen molar-refractivity contribution in [3.63, 3.8) is 0 Å². The minimum Gasteiger partial charge on any atom is -0.484 e. The number of nitrogens with one attached hydrogen (secondary N) is 3. The number of carbonyl (C=O) groups is 2. The molecule has 6 rings (SSSR count). The van der Waals surface area contributed by atoms with Gasteiger partial charge in [0.15, 0.2) is 13.2 Å². The maximum Gasteiger partial charge on any atom is 0.344 e. The molecule has 3 N–H and O–H groups in total. The Morgan fingerprint density at radius 2 is 1.31 bits per heavy atom. The van der Waals surface area contributed by atoms with E-state index in [4.69, 9.17) is 14.2 Å². The van der Waals surface area contributed by atoms with E-state index in [2.05, 4.69) is 57.1 Å². The van der Waals surface area contributed by atoms with Gasteiger partial charge in [0.1, 0.15) is 23.1 Å². The van der Waals surface area contributed by atoms with Gasteiger partial charge in [0.25, 0.3) is 5.91 Å². The Kier molecular flexibility index (Phi) is 16.3. The Balaban J connectivity index is 0.000000185. The quantitative estimate of drug-likeness (QED) is 0.0909. The van der Waals surface area contributed by atoms with Gasteiger partial charge in [-0.2, -0.15) is 10.2 Å². The largest absolute Gasteiger partial charge is 0.484 e. The number of aromatic amines is 2. The fourth-order valence-electron chi connectivity index (χ4n) is 4.43. The first-order valence-electron chi connectivity index (χ1n) is 16.6. The Bertz CT molecular complexity index is 1740. The number of ether oxygens (including phenoxy) is 3. The van der Waals surface area contributed by atoms with Crippen molar-refractivity contribution in [2.45, 2.75) is 46.7 Å². The number of thiophene rings is 2. The summed E-state index contributed by atoms with van der Waals surface area (Å²) in [6.07, 6.45) is 5.34. The van der Waals surface area contributed by atoms with Gasteiger partial charge in [-0.1, -0.05) is 50.2 Å². The van der Waals surface area contributed by atoms with Gasteiger partial charge in [0.05, 0.1) is 32.1 Å². The molecule has 0 bridgehead atoms. The normalized spacial score (nSPS) is 10.2. The molecule has 0 atom stereocenters. The van der Waals surface area contributed by atoms with Gasteiger partial charge < -0.3 is 19.5 Å². The topological polar surface area (TPSA) is 134 Å². The molecule has 0 unspecified atom stereocenters. The molecule has 13 heteroatoms. The van der Waals surface area contributed by atoms with Crippen LogP contribution in [0.15, 0.2) is 108 Å². The summed E-state index contributed by atoms with van der Waals surface area (Å²) in [4.78, 5) is 27.7. The molecule has 2 aromatic carbocycles. The van der Waals surface area contributed by atoms with Crippen molar-refractivity contribution in [1.29, 1.82) is 0 Å². The molecule has 1 amide bonds. The van der Waals surface area contributed by atoms with E-state index in [1.54, 1.807) is 53.0 Å². The first-order valence-corrected chi connectivity index (χ1v) is 18.4. The lowest BCUT2D eigenvalue weighted by Gasteiger charge is -2.20. The number of amides is 1. The third-order valence-electron chi connectivity index (χ3n) is 7.19. The average molecular weight is 729 g/mol. The zero-order valence-electron chi connectivity index (χ0n) is 29.0. The fraction of sp³-hybridized carbons (Fsp3) is 0.263. The number of anilines is 2. The fourth-order valence-corrected chi connectivity index (χ4v) is 5.76. The van der Waals surface area contributed by atoms with Crippen LogP contribution in [0.4, 0.5) is 11.6 Å². The number of hydrogen-bond acceptors (Lipinski definition) is 10. The average Bonchev–Trinajstić information content (AvgIpc) is 4.02. The van der Waals surface area contributed by atoms with E-state index in [9.17, 15) is 9.59 Å². The second kappa shape index (κ2) is 21.6. The van der Waals surface area contributed by atoms with Crippen molar-refractivity contribution in [3.05, 3.63) is 129 Å². The summed E-state index contributed by atoms with van der Waals surface area (Å²) in [6, 6.07) is 27.3. The van der Waals surface area contributed by atoms with Gasteiger partial charge in [0.2, 0.25) is 0 Å². The minimum absolute atomic E-state index is 0.0180. The number of aromatic nitrogens is 4. The highest BCUT2D eigenvalue weighted by molar-refractivity contribution is 7.10.